The largest absolute Gasteiger partial charge is 0.347 e. The van der Waals surface area contributed by atoms with E-state index >= 15 is 0 Å². The number of hydrazine groups is 1. The molecule has 106 valence electrons. The number of rotatable bonds is 4. The number of carbonyl (C=O) groups excluding carboxylic acids is 1. The van der Waals surface area contributed by atoms with E-state index in [4.69, 9.17) is 5.84 Å². The molecule has 20 heavy (non-hydrogen) atoms. The molecular weight excluding hydrogens is 272 g/mol. The van der Waals surface area contributed by atoms with E-state index in [9.17, 15) is 4.79 Å². The summed E-state index contributed by atoms with van der Waals surface area (Å²) in [6.45, 7) is 6.50. The lowest BCUT2D eigenvalue weighted by Gasteiger charge is -2.09. The van der Waals surface area contributed by atoms with Gasteiger partial charge in [0.05, 0.1) is 17.8 Å². The van der Waals surface area contributed by atoms with E-state index in [1.165, 1.54) is 16.6 Å². The molecule has 0 saturated heterocycles. The van der Waals surface area contributed by atoms with Gasteiger partial charge in [0.2, 0.25) is 0 Å². The van der Waals surface area contributed by atoms with Crippen molar-refractivity contribution in [3.63, 3.8) is 0 Å². The van der Waals surface area contributed by atoms with E-state index in [0.717, 1.165) is 10.6 Å². The SMILES string of the molecule is Cc1cc(NN)c(C(=O)NCc2cc(C)c(C)s2)cn1. The van der Waals surface area contributed by atoms with Crippen LogP contribution in [0.2, 0.25) is 0 Å². The van der Waals surface area contributed by atoms with Crippen LogP contribution in [0.15, 0.2) is 18.3 Å². The second-order valence-corrected chi connectivity index (χ2v) is 5.99. The first-order valence-electron chi connectivity index (χ1n) is 6.28. The van der Waals surface area contributed by atoms with Crippen molar-refractivity contribution in [1.82, 2.24) is 10.3 Å². The van der Waals surface area contributed by atoms with Crippen LogP contribution >= 0.6 is 11.3 Å². The number of nitrogen functional groups attached to an aromatic ring is 1. The zero-order valence-electron chi connectivity index (χ0n) is 11.8. The highest BCUT2D eigenvalue weighted by Gasteiger charge is 2.12. The monoisotopic (exact) mass is 290 g/mol. The molecule has 0 aliphatic carbocycles. The van der Waals surface area contributed by atoms with Gasteiger partial charge < -0.3 is 10.7 Å². The Hall–Kier alpha value is -1.92. The van der Waals surface area contributed by atoms with E-state index in [1.54, 1.807) is 17.4 Å². The third kappa shape index (κ3) is 3.15. The Bertz CT molecular complexity index is 617. The van der Waals surface area contributed by atoms with Gasteiger partial charge in [-0.2, -0.15) is 0 Å². The smallest absolute Gasteiger partial charge is 0.255 e. The van der Waals surface area contributed by atoms with E-state index in [0.29, 0.717) is 17.8 Å². The fourth-order valence-electron chi connectivity index (χ4n) is 1.86. The number of carbonyl (C=O) groups is 1. The molecular formula is C14H18N4OS. The Morgan fingerprint density at radius 2 is 2.10 bits per heavy atom. The van der Waals surface area contributed by atoms with Gasteiger partial charge in [-0.25, -0.2) is 0 Å². The highest BCUT2D eigenvalue weighted by atomic mass is 32.1. The van der Waals surface area contributed by atoms with Crippen molar-refractivity contribution >= 4 is 22.9 Å². The molecule has 0 aliphatic rings. The first-order valence-corrected chi connectivity index (χ1v) is 7.10. The predicted octanol–water partition coefficient (Wildman–Crippen LogP) is 2.28. The lowest BCUT2D eigenvalue weighted by atomic mass is 10.2. The van der Waals surface area contributed by atoms with Gasteiger partial charge in [-0.3, -0.25) is 15.6 Å². The number of nitrogens with one attached hydrogen (secondary N) is 2. The van der Waals surface area contributed by atoms with Gasteiger partial charge in [0.1, 0.15) is 0 Å². The predicted molar refractivity (Wildman–Crippen MR) is 81.7 cm³/mol. The average molecular weight is 290 g/mol. The number of pyridine rings is 1. The van der Waals surface area contributed by atoms with Crippen LogP contribution in [0.4, 0.5) is 5.69 Å². The minimum Gasteiger partial charge on any atom is -0.347 e. The number of aryl methyl sites for hydroxylation is 3. The summed E-state index contributed by atoms with van der Waals surface area (Å²) in [5.41, 5.74) is 5.61. The molecule has 2 rings (SSSR count). The molecule has 0 unspecified atom stereocenters. The Labute approximate surface area is 122 Å². The van der Waals surface area contributed by atoms with Gasteiger partial charge in [0.15, 0.2) is 0 Å². The summed E-state index contributed by atoms with van der Waals surface area (Å²) in [4.78, 5) is 18.7. The number of anilines is 1. The molecule has 6 heteroatoms. The number of hydrogen-bond donors (Lipinski definition) is 3. The summed E-state index contributed by atoms with van der Waals surface area (Å²) < 4.78 is 0. The Morgan fingerprint density at radius 3 is 2.70 bits per heavy atom. The van der Waals surface area contributed by atoms with Crippen LogP contribution < -0.4 is 16.6 Å². The molecule has 0 aromatic carbocycles. The number of aromatic nitrogens is 1. The third-order valence-electron chi connectivity index (χ3n) is 3.08. The second kappa shape index (κ2) is 6.02. The maximum absolute atomic E-state index is 12.2. The maximum atomic E-state index is 12.2. The van der Waals surface area contributed by atoms with E-state index in [2.05, 4.69) is 35.6 Å². The highest BCUT2D eigenvalue weighted by molar-refractivity contribution is 7.12. The number of nitrogens with zero attached hydrogens (tertiary/aromatic N) is 1. The standard InChI is InChI=1S/C14H18N4OS/c1-8-4-11(20-10(8)3)6-17-14(19)12-7-16-9(2)5-13(12)18-15/h4-5,7H,6,15H2,1-3H3,(H,16,18)(H,17,19). The van der Waals surface area contributed by atoms with Crippen LogP contribution in [-0.4, -0.2) is 10.9 Å². The summed E-state index contributed by atoms with van der Waals surface area (Å²) in [5, 5.41) is 2.89. The summed E-state index contributed by atoms with van der Waals surface area (Å²) in [7, 11) is 0. The molecule has 0 spiro atoms. The molecule has 0 fully saturated rings. The van der Waals surface area contributed by atoms with Gasteiger partial charge in [-0.15, -0.1) is 11.3 Å². The van der Waals surface area contributed by atoms with E-state index < -0.39 is 0 Å². The van der Waals surface area contributed by atoms with Crippen LogP contribution in [0.5, 0.6) is 0 Å². The van der Waals surface area contributed by atoms with Crippen LogP contribution in [0, 0.1) is 20.8 Å². The quantitative estimate of drug-likeness (QED) is 0.596. The molecule has 0 saturated carbocycles. The molecule has 0 bridgehead atoms. The van der Waals surface area contributed by atoms with Crippen molar-refractivity contribution in [2.75, 3.05) is 5.43 Å². The highest BCUT2D eigenvalue weighted by Crippen LogP contribution is 2.20. The number of hydrogen-bond acceptors (Lipinski definition) is 5. The lowest BCUT2D eigenvalue weighted by molar-refractivity contribution is 0.0951. The number of thiophene rings is 1. The molecule has 0 radical (unpaired) electrons. The van der Waals surface area contributed by atoms with Crippen molar-refractivity contribution in [1.29, 1.82) is 0 Å². The van der Waals surface area contributed by atoms with Crippen LogP contribution in [0.25, 0.3) is 0 Å². The van der Waals surface area contributed by atoms with Crippen molar-refractivity contribution < 1.29 is 4.79 Å². The molecule has 0 aliphatic heterocycles. The molecule has 2 heterocycles. The third-order valence-corrected chi connectivity index (χ3v) is 4.23. The zero-order valence-corrected chi connectivity index (χ0v) is 12.6. The first kappa shape index (κ1) is 14.5. The molecule has 5 nitrogen and oxygen atoms in total. The van der Waals surface area contributed by atoms with Gasteiger partial charge in [0.25, 0.3) is 5.91 Å². The van der Waals surface area contributed by atoms with Gasteiger partial charge >= 0.3 is 0 Å². The van der Waals surface area contributed by atoms with Gasteiger partial charge in [-0.1, -0.05) is 0 Å². The maximum Gasteiger partial charge on any atom is 0.255 e. The summed E-state index contributed by atoms with van der Waals surface area (Å²) in [6.07, 6.45) is 1.53. The molecule has 0 atom stereocenters. The molecule has 2 aromatic heterocycles. The van der Waals surface area contributed by atoms with Gasteiger partial charge in [0, 0.05) is 21.6 Å². The normalized spacial score (nSPS) is 10.4. The zero-order chi connectivity index (χ0) is 14.7. The van der Waals surface area contributed by atoms with Gasteiger partial charge in [-0.05, 0) is 38.5 Å². The molecule has 2 aromatic rings. The number of amides is 1. The fraction of sp³-hybridized carbons (Fsp3) is 0.286. The van der Waals surface area contributed by atoms with Crippen molar-refractivity contribution in [3.8, 4) is 0 Å². The Kier molecular flexibility index (Phi) is 4.36. The Morgan fingerprint density at radius 1 is 1.35 bits per heavy atom. The van der Waals surface area contributed by atoms with Crippen molar-refractivity contribution in [3.05, 3.63) is 44.9 Å². The second-order valence-electron chi connectivity index (χ2n) is 4.65. The minimum atomic E-state index is -0.186. The molecule has 1 amide bonds. The Balaban J connectivity index is 2.08. The minimum absolute atomic E-state index is 0.186. The van der Waals surface area contributed by atoms with E-state index in [-0.39, 0.29) is 5.91 Å². The summed E-state index contributed by atoms with van der Waals surface area (Å²) >= 11 is 1.69. The molecule has 4 N–H and O–H groups in total. The summed E-state index contributed by atoms with van der Waals surface area (Å²) in [5.74, 6) is 5.25. The van der Waals surface area contributed by atoms with E-state index in [1.807, 2.05) is 6.92 Å². The average Bonchev–Trinajstić information content (AvgIpc) is 2.75. The fourth-order valence-corrected chi connectivity index (χ4v) is 2.85. The van der Waals surface area contributed by atoms with Crippen LogP contribution in [0.1, 0.15) is 31.4 Å². The van der Waals surface area contributed by atoms with Crippen LogP contribution in [0.3, 0.4) is 0 Å². The topological polar surface area (TPSA) is 80.0 Å². The van der Waals surface area contributed by atoms with Crippen molar-refractivity contribution in [2.45, 2.75) is 27.3 Å². The van der Waals surface area contributed by atoms with Crippen molar-refractivity contribution in [2.24, 2.45) is 5.84 Å². The number of nitrogens with two attached hydrogens (primary N) is 1. The van der Waals surface area contributed by atoms with Crippen LogP contribution in [-0.2, 0) is 6.54 Å². The first-order chi connectivity index (χ1) is 9.51. The summed E-state index contributed by atoms with van der Waals surface area (Å²) in [6, 6.07) is 3.84. The lowest BCUT2D eigenvalue weighted by Crippen LogP contribution is -2.24.